The Balaban J connectivity index is 2.08. The van der Waals surface area contributed by atoms with Crippen molar-refractivity contribution in [2.75, 3.05) is 7.05 Å². The van der Waals surface area contributed by atoms with E-state index < -0.39 is 0 Å². The molecule has 4 nitrogen and oxygen atoms in total. The standard InChI is InChI=1S/C13H21N3O/c1-14-13(6-4-3-5-7-13)10-11(17)12-15-8-9-16(12)2/h8-9,14H,3-7,10H2,1-2H3. The highest BCUT2D eigenvalue weighted by atomic mass is 16.1. The topological polar surface area (TPSA) is 46.9 Å². The molecule has 1 aromatic rings. The van der Waals surface area contributed by atoms with Crippen LogP contribution in [-0.4, -0.2) is 27.9 Å². The van der Waals surface area contributed by atoms with Crippen LogP contribution in [0.4, 0.5) is 0 Å². The summed E-state index contributed by atoms with van der Waals surface area (Å²) >= 11 is 0. The predicted octanol–water partition coefficient (Wildman–Crippen LogP) is 1.92. The Bertz CT molecular complexity index is 391. The lowest BCUT2D eigenvalue weighted by Crippen LogP contribution is -2.46. The predicted molar refractivity (Wildman–Crippen MR) is 67.0 cm³/mol. The van der Waals surface area contributed by atoms with Gasteiger partial charge in [0.15, 0.2) is 11.6 Å². The molecule has 0 aromatic carbocycles. The molecule has 0 unspecified atom stereocenters. The normalized spacial score (nSPS) is 19.2. The molecule has 0 radical (unpaired) electrons. The number of carbonyl (C=O) groups excluding carboxylic acids is 1. The van der Waals surface area contributed by atoms with Crippen molar-refractivity contribution >= 4 is 5.78 Å². The summed E-state index contributed by atoms with van der Waals surface area (Å²) in [4.78, 5) is 16.4. The van der Waals surface area contributed by atoms with Crippen LogP contribution < -0.4 is 5.32 Å². The van der Waals surface area contributed by atoms with Crippen molar-refractivity contribution in [3.63, 3.8) is 0 Å². The number of rotatable bonds is 4. The SMILES string of the molecule is CNC1(CC(=O)c2nccn2C)CCCCC1. The van der Waals surface area contributed by atoms with Crippen LogP contribution in [0, 0.1) is 0 Å². The third-order valence-corrected chi connectivity index (χ3v) is 3.91. The first-order valence-electron chi connectivity index (χ1n) is 6.36. The smallest absolute Gasteiger partial charge is 0.200 e. The Morgan fingerprint density at radius 3 is 2.71 bits per heavy atom. The highest BCUT2D eigenvalue weighted by Crippen LogP contribution is 2.31. The molecule has 0 amide bonds. The van der Waals surface area contributed by atoms with Crippen LogP contribution in [0.5, 0.6) is 0 Å². The zero-order valence-electron chi connectivity index (χ0n) is 10.7. The molecule has 1 N–H and O–H groups in total. The molecule has 2 rings (SSSR count). The van der Waals surface area contributed by atoms with Gasteiger partial charge in [-0.1, -0.05) is 19.3 Å². The molecule has 0 bridgehead atoms. The van der Waals surface area contributed by atoms with E-state index in [9.17, 15) is 4.79 Å². The van der Waals surface area contributed by atoms with Crippen LogP contribution in [0.2, 0.25) is 0 Å². The zero-order chi connectivity index (χ0) is 12.3. The number of nitrogens with one attached hydrogen (secondary N) is 1. The van der Waals surface area contributed by atoms with E-state index in [0.29, 0.717) is 12.2 Å². The second-order valence-electron chi connectivity index (χ2n) is 5.05. The maximum atomic E-state index is 12.2. The fourth-order valence-electron chi connectivity index (χ4n) is 2.76. The second-order valence-corrected chi connectivity index (χ2v) is 5.05. The number of Topliss-reactive ketones (excluding diaryl/α,β-unsaturated/α-hetero) is 1. The van der Waals surface area contributed by atoms with Crippen molar-refractivity contribution in [2.24, 2.45) is 7.05 Å². The molecular formula is C13H21N3O. The van der Waals surface area contributed by atoms with Gasteiger partial charge in [-0.15, -0.1) is 0 Å². The molecule has 1 aromatic heterocycles. The molecule has 0 saturated heterocycles. The summed E-state index contributed by atoms with van der Waals surface area (Å²) < 4.78 is 1.80. The van der Waals surface area contributed by atoms with E-state index >= 15 is 0 Å². The van der Waals surface area contributed by atoms with Gasteiger partial charge in [0.1, 0.15) is 0 Å². The van der Waals surface area contributed by atoms with Gasteiger partial charge in [0.25, 0.3) is 0 Å². The van der Waals surface area contributed by atoms with Gasteiger partial charge in [0, 0.05) is 31.4 Å². The minimum Gasteiger partial charge on any atom is -0.332 e. The van der Waals surface area contributed by atoms with Crippen LogP contribution in [0.1, 0.15) is 49.1 Å². The summed E-state index contributed by atoms with van der Waals surface area (Å²) in [6.07, 6.45) is 9.98. The summed E-state index contributed by atoms with van der Waals surface area (Å²) in [5, 5.41) is 3.37. The van der Waals surface area contributed by atoms with E-state index in [1.54, 1.807) is 10.8 Å². The molecule has 17 heavy (non-hydrogen) atoms. The number of hydrogen-bond donors (Lipinski definition) is 1. The monoisotopic (exact) mass is 235 g/mol. The number of aromatic nitrogens is 2. The first kappa shape index (κ1) is 12.3. The average molecular weight is 235 g/mol. The van der Waals surface area contributed by atoms with E-state index in [4.69, 9.17) is 0 Å². The molecule has 0 atom stereocenters. The van der Waals surface area contributed by atoms with Gasteiger partial charge in [0.05, 0.1) is 0 Å². The van der Waals surface area contributed by atoms with Crippen LogP contribution in [0.3, 0.4) is 0 Å². The summed E-state index contributed by atoms with van der Waals surface area (Å²) in [5.74, 6) is 0.721. The van der Waals surface area contributed by atoms with E-state index in [0.717, 1.165) is 12.8 Å². The fraction of sp³-hybridized carbons (Fsp3) is 0.692. The lowest BCUT2D eigenvalue weighted by molar-refractivity contribution is 0.0901. The van der Waals surface area contributed by atoms with Gasteiger partial charge in [-0.25, -0.2) is 4.98 Å². The number of nitrogens with zero attached hydrogens (tertiary/aromatic N) is 2. The number of hydrogen-bond acceptors (Lipinski definition) is 3. The Morgan fingerprint density at radius 2 is 2.18 bits per heavy atom. The van der Waals surface area contributed by atoms with Crippen LogP contribution >= 0.6 is 0 Å². The molecule has 1 aliphatic carbocycles. The maximum absolute atomic E-state index is 12.2. The summed E-state index contributed by atoms with van der Waals surface area (Å²) in [6.45, 7) is 0. The molecular weight excluding hydrogens is 214 g/mol. The molecule has 1 saturated carbocycles. The first-order valence-corrected chi connectivity index (χ1v) is 6.36. The van der Waals surface area contributed by atoms with E-state index in [1.165, 1.54) is 19.3 Å². The van der Waals surface area contributed by atoms with Crippen molar-refractivity contribution in [3.8, 4) is 0 Å². The Kier molecular flexibility index (Phi) is 3.62. The zero-order valence-corrected chi connectivity index (χ0v) is 10.7. The van der Waals surface area contributed by atoms with Crippen molar-refractivity contribution in [3.05, 3.63) is 18.2 Å². The third-order valence-electron chi connectivity index (χ3n) is 3.91. The maximum Gasteiger partial charge on any atom is 0.200 e. The summed E-state index contributed by atoms with van der Waals surface area (Å²) in [6, 6.07) is 0. The van der Waals surface area contributed by atoms with Gasteiger partial charge in [-0.3, -0.25) is 4.79 Å². The summed E-state index contributed by atoms with van der Waals surface area (Å²) in [5.41, 5.74) is 0.00127. The van der Waals surface area contributed by atoms with Crippen molar-refractivity contribution in [1.82, 2.24) is 14.9 Å². The second kappa shape index (κ2) is 5.00. The Labute approximate surface area is 102 Å². The number of carbonyl (C=O) groups is 1. The third kappa shape index (κ3) is 2.57. The molecule has 0 spiro atoms. The molecule has 1 fully saturated rings. The lowest BCUT2D eigenvalue weighted by Gasteiger charge is -2.36. The van der Waals surface area contributed by atoms with E-state index in [-0.39, 0.29) is 11.3 Å². The number of ketones is 1. The number of aryl methyl sites for hydroxylation is 1. The van der Waals surface area contributed by atoms with Gasteiger partial charge in [0.2, 0.25) is 0 Å². The largest absolute Gasteiger partial charge is 0.332 e. The molecule has 94 valence electrons. The van der Waals surface area contributed by atoms with Crippen molar-refractivity contribution in [2.45, 2.75) is 44.1 Å². The van der Waals surface area contributed by atoms with Crippen molar-refractivity contribution in [1.29, 1.82) is 0 Å². The Morgan fingerprint density at radius 1 is 1.47 bits per heavy atom. The van der Waals surface area contributed by atoms with Gasteiger partial charge >= 0.3 is 0 Å². The molecule has 4 heteroatoms. The highest BCUT2D eigenvalue weighted by Gasteiger charge is 2.33. The minimum absolute atomic E-state index is 0.00127. The highest BCUT2D eigenvalue weighted by molar-refractivity contribution is 5.93. The first-order chi connectivity index (χ1) is 8.17. The quantitative estimate of drug-likeness (QED) is 0.811. The summed E-state index contributed by atoms with van der Waals surface area (Å²) in [7, 11) is 3.84. The van der Waals surface area contributed by atoms with Crippen LogP contribution in [0.25, 0.3) is 0 Å². The van der Waals surface area contributed by atoms with Crippen LogP contribution in [0.15, 0.2) is 12.4 Å². The Hall–Kier alpha value is -1.16. The van der Waals surface area contributed by atoms with Crippen LogP contribution in [-0.2, 0) is 7.05 Å². The minimum atomic E-state index is 0.00127. The average Bonchev–Trinajstić information content (AvgIpc) is 2.77. The molecule has 0 aliphatic heterocycles. The van der Waals surface area contributed by atoms with Crippen molar-refractivity contribution < 1.29 is 4.79 Å². The van der Waals surface area contributed by atoms with E-state index in [1.807, 2.05) is 20.3 Å². The fourth-order valence-corrected chi connectivity index (χ4v) is 2.76. The lowest BCUT2D eigenvalue weighted by atomic mass is 9.78. The van der Waals surface area contributed by atoms with Gasteiger partial charge < -0.3 is 9.88 Å². The number of imidazole rings is 1. The van der Waals surface area contributed by atoms with E-state index in [2.05, 4.69) is 10.3 Å². The molecule has 1 aliphatic rings. The molecule has 1 heterocycles. The van der Waals surface area contributed by atoms with Gasteiger partial charge in [-0.05, 0) is 19.9 Å². The van der Waals surface area contributed by atoms with Gasteiger partial charge in [-0.2, -0.15) is 0 Å².